The Morgan fingerprint density at radius 2 is 2.33 bits per heavy atom. The lowest BCUT2D eigenvalue weighted by molar-refractivity contribution is 0.330. The largest absolute Gasteiger partial charge is 0.360 e. The number of aromatic nitrogens is 1. The second-order valence-corrected chi connectivity index (χ2v) is 5.09. The molecule has 1 N–H and O–H groups in total. The summed E-state index contributed by atoms with van der Waals surface area (Å²) < 4.78 is 5.47. The van der Waals surface area contributed by atoms with Gasteiger partial charge in [0.15, 0.2) is 0 Å². The van der Waals surface area contributed by atoms with Crippen molar-refractivity contribution >= 4 is 11.6 Å². The summed E-state index contributed by atoms with van der Waals surface area (Å²) in [4.78, 5) is 0. The first-order valence-electron chi connectivity index (χ1n) is 6.26. The zero-order valence-corrected chi connectivity index (χ0v) is 10.8. The third-order valence-electron chi connectivity index (χ3n) is 3.40. The average Bonchev–Trinajstić information content (AvgIpc) is 2.89. The van der Waals surface area contributed by atoms with Gasteiger partial charge in [-0.25, -0.2) is 0 Å². The molecule has 2 aromatic rings. The maximum absolute atomic E-state index is 6.04. The second-order valence-electron chi connectivity index (χ2n) is 4.66. The summed E-state index contributed by atoms with van der Waals surface area (Å²) >= 11 is 6.04. The monoisotopic (exact) mass is 262 g/mol. The molecule has 1 atom stereocenters. The fourth-order valence-corrected chi connectivity index (χ4v) is 2.68. The van der Waals surface area contributed by atoms with Crippen molar-refractivity contribution in [3.8, 4) is 11.1 Å². The number of hydrogen-bond donors (Lipinski definition) is 1. The van der Waals surface area contributed by atoms with E-state index in [1.165, 1.54) is 6.42 Å². The first-order chi connectivity index (χ1) is 8.84. The molecule has 1 aliphatic rings. The smallest absolute Gasteiger partial charge is 0.148 e. The maximum Gasteiger partial charge on any atom is 0.148 e. The van der Waals surface area contributed by atoms with Crippen molar-refractivity contribution in [1.29, 1.82) is 0 Å². The predicted molar refractivity (Wildman–Crippen MR) is 71.8 cm³/mol. The number of halogens is 1. The van der Waals surface area contributed by atoms with Gasteiger partial charge in [-0.15, -0.1) is 0 Å². The highest BCUT2D eigenvalue weighted by molar-refractivity contribution is 6.30. The van der Waals surface area contributed by atoms with Crippen molar-refractivity contribution in [3.63, 3.8) is 0 Å². The first-order valence-corrected chi connectivity index (χ1v) is 6.63. The SMILES string of the molecule is Clc1cccc(-c2cnoc2C2CCCNC2)c1. The molecule has 3 nitrogen and oxygen atoms in total. The number of nitrogens with zero attached hydrogens (tertiary/aromatic N) is 1. The average molecular weight is 263 g/mol. The van der Waals surface area contributed by atoms with Gasteiger partial charge in [-0.05, 0) is 37.1 Å². The fourth-order valence-electron chi connectivity index (χ4n) is 2.49. The van der Waals surface area contributed by atoms with Crippen LogP contribution in [0.3, 0.4) is 0 Å². The van der Waals surface area contributed by atoms with Crippen molar-refractivity contribution in [2.75, 3.05) is 13.1 Å². The molecule has 0 bridgehead atoms. The van der Waals surface area contributed by atoms with E-state index in [4.69, 9.17) is 16.1 Å². The van der Waals surface area contributed by atoms with E-state index >= 15 is 0 Å². The van der Waals surface area contributed by atoms with E-state index in [-0.39, 0.29) is 0 Å². The van der Waals surface area contributed by atoms with Crippen molar-refractivity contribution in [3.05, 3.63) is 41.2 Å². The number of hydrogen-bond acceptors (Lipinski definition) is 3. The van der Waals surface area contributed by atoms with Crippen LogP contribution in [0.2, 0.25) is 5.02 Å². The number of benzene rings is 1. The van der Waals surface area contributed by atoms with Crippen LogP contribution in [-0.4, -0.2) is 18.2 Å². The molecule has 0 spiro atoms. The molecule has 1 aliphatic heterocycles. The van der Waals surface area contributed by atoms with Gasteiger partial charge in [0.05, 0.1) is 6.20 Å². The van der Waals surface area contributed by atoms with Gasteiger partial charge in [0, 0.05) is 23.0 Å². The maximum atomic E-state index is 6.04. The molecule has 0 amide bonds. The van der Waals surface area contributed by atoms with Crippen LogP contribution >= 0.6 is 11.6 Å². The van der Waals surface area contributed by atoms with Crippen LogP contribution in [0.25, 0.3) is 11.1 Å². The zero-order valence-electron chi connectivity index (χ0n) is 10.0. The summed E-state index contributed by atoms with van der Waals surface area (Å²) in [5.41, 5.74) is 2.13. The minimum absolute atomic E-state index is 0.412. The highest BCUT2D eigenvalue weighted by Crippen LogP contribution is 2.33. The van der Waals surface area contributed by atoms with Crippen molar-refractivity contribution in [2.45, 2.75) is 18.8 Å². The van der Waals surface area contributed by atoms with Gasteiger partial charge < -0.3 is 9.84 Å². The minimum atomic E-state index is 0.412. The van der Waals surface area contributed by atoms with Crippen LogP contribution in [-0.2, 0) is 0 Å². The van der Waals surface area contributed by atoms with E-state index in [9.17, 15) is 0 Å². The van der Waals surface area contributed by atoms with Gasteiger partial charge in [0.1, 0.15) is 5.76 Å². The van der Waals surface area contributed by atoms with Crippen molar-refractivity contribution in [2.24, 2.45) is 0 Å². The van der Waals surface area contributed by atoms with Gasteiger partial charge in [-0.1, -0.05) is 28.9 Å². The Morgan fingerprint density at radius 3 is 3.11 bits per heavy atom. The molecule has 1 fully saturated rings. The Labute approximate surface area is 111 Å². The fraction of sp³-hybridized carbons (Fsp3) is 0.357. The van der Waals surface area contributed by atoms with Crippen LogP contribution in [0.1, 0.15) is 24.5 Å². The molecular formula is C14H15ClN2O. The molecule has 1 unspecified atom stereocenters. The minimum Gasteiger partial charge on any atom is -0.360 e. The molecule has 0 radical (unpaired) electrons. The third-order valence-corrected chi connectivity index (χ3v) is 3.64. The van der Waals surface area contributed by atoms with E-state index in [1.807, 2.05) is 24.3 Å². The van der Waals surface area contributed by atoms with Gasteiger partial charge in [-0.3, -0.25) is 0 Å². The van der Waals surface area contributed by atoms with Crippen LogP contribution in [0, 0.1) is 0 Å². The van der Waals surface area contributed by atoms with Crippen LogP contribution in [0.5, 0.6) is 0 Å². The number of nitrogens with one attached hydrogen (secondary N) is 1. The second kappa shape index (κ2) is 5.12. The molecule has 2 heterocycles. The van der Waals surface area contributed by atoms with Crippen molar-refractivity contribution in [1.82, 2.24) is 10.5 Å². The quantitative estimate of drug-likeness (QED) is 0.901. The third kappa shape index (κ3) is 2.28. The van der Waals surface area contributed by atoms with Crippen LogP contribution < -0.4 is 5.32 Å². The van der Waals surface area contributed by atoms with Gasteiger partial charge >= 0.3 is 0 Å². The normalized spacial score (nSPS) is 19.9. The first kappa shape index (κ1) is 11.8. The number of rotatable bonds is 2. The summed E-state index contributed by atoms with van der Waals surface area (Å²) in [7, 11) is 0. The topological polar surface area (TPSA) is 38.1 Å². The summed E-state index contributed by atoms with van der Waals surface area (Å²) in [6, 6.07) is 7.82. The van der Waals surface area contributed by atoms with E-state index in [1.54, 1.807) is 6.20 Å². The van der Waals surface area contributed by atoms with E-state index in [2.05, 4.69) is 10.5 Å². The summed E-state index contributed by atoms with van der Waals surface area (Å²) in [5, 5.41) is 8.09. The summed E-state index contributed by atoms with van der Waals surface area (Å²) in [5.74, 6) is 1.39. The molecule has 1 saturated heterocycles. The van der Waals surface area contributed by atoms with E-state index in [0.29, 0.717) is 5.92 Å². The molecule has 18 heavy (non-hydrogen) atoms. The van der Waals surface area contributed by atoms with Gasteiger partial charge in [0.25, 0.3) is 0 Å². The standard InChI is InChI=1S/C14H15ClN2O/c15-12-5-1-3-10(7-12)13-9-17-18-14(13)11-4-2-6-16-8-11/h1,3,5,7,9,11,16H,2,4,6,8H2. The Kier molecular flexibility index (Phi) is 3.35. The van der Waals surface area contributed by atoms with Crippen LogP contribution in [0.4, 0.5) is 0 Å². The molecule has 0 aliphatic carbocycles. The van der Waals surface area contributed by atoms with E-state index in [0.717, 1.165) is 41.4 Å². The summed E-state index contributed by atoms with van der Waals surface area (Å²) in [6.45, 7) is 2.06. The lowest BCUT2D eigenvalue weighted by Gasteiger charge is -2.21. The Morgan fingerprint density at radius 1 is 1.39 bits per heavy atom. The molecule has 4 heteroatoms. The zero-order chi connectivity index (χ0) is 12.4. The van der Waals surface area contributed by atoms with Gasteiger partial charge in [0.2, 0.25) is 0 Å². The van der Waals surface area contributed by atoms with Crippen molar-refractivity contribution < 1.29 is 4.52 Å². The van der Waals surface area contributed by atoms with Gasteiger partial charge in [-0.2, -0.15) is 0 Å². The summed E-state index contributed by atoms with van der Waals surface area (Å²) in [6.07, 6.45) is 4.12. The molecule has 1 aromatic carbocycles. The predicted octanol–water partition coefficient (Wildman–Crippen LogP) is 3.46. The number of piperidine rings is 1. The lowest BCUT2D eigenvalue weighted by Crippen LogP contribution is -2.28. The lowest BCUT2D eigenvalue weighted by atomic mass is 9.92. The molecular weight excluding hydrogens is 248 g/mol. The molecule has 0 saturated carbocycles. The highest BCUT2D eigenvalue weighted by atomic mass is 35.5. The Bertz CT molecular complexity index is 532. The molecule has 1 aromatic heterocycles. The van der Waals surface area contributed by atoms with Crippen LogP contribution in [0.15, 0.2) is 35.0 Å². The highest BCUT2D eigenvalue weighted by Gasteiger charge is 2.23. The molecule has 3 rings (SSSR count). The Balaban J connectivity index is 1.95. The Hall–Kier alpha value is -1.32. The van der Waals surface area contributed by atoms with E-state index < -0.39 is 0 Å². The molecule has 94 valence electrons.